The Hall–Kier alpha value is -1.57. The molecule has 4 heteroatoms. The summed E-state index contributed by atoms with van der Waals surface area (Å²) in [5.74, 6) is 1.63. The minimum Gasteiger partial charge on any atom is -0.430 e. The van der Waals surface area contributed by atoms with E-state index in [0.29, 0.717) is 5.66 Å². The van der Waals surface area contributed by atoms with E-state index in [0.717, 1.165) is 35.5 Å². The van der Waals surface area contributed by atoms with Gasteiger partial charge in [-0.05, 0) is 24.6 Å². The van der Waals surface area contributed by atoms with Crippen molar-refractivity contribution in [3.63, 3.8) is 0 Å². The van der Waals surface area contributed by atoms with E-state index in [1.54, 1.807) is 0 Å². The van der Waals surface area contributed by atoms with Gasteiger partial charge in [-0.15, -0.1) is 0 Å². The Morgan fingerprint density at radius 1 is 0.708 bits per heavy atom. The highest BCUT2D eigenvalue weighted by Gasteiger charge is 2.42. The minimum absolute atomic E-state index is 0.376. The molecule has 1 saturated carbocycles. The van der Waals surface area contributed by atoms with Gasteiger partial charge in [0, 0.05) is 11.1 Å². The first-order valence-electron chi connectivity index (χ1n) is 8.60. The maximum absolute atomic E-state index is 6.42. The van der Waals surface area contributed by atoms with Gasteiger partial charge in [0.1, 0.15) is 0 Å². The molecule has 0 unspecified atom stereocenters. The molecule has 0 spiro atoms. The molecule has 2 aromatic carbocycles. The van der Waals surface area contributed by atoms with E-state index < -0.39 is 6.49 Å². The summed E-state index contributed by atoms with van der Waals surface area (Å²) in [5.41, 5.74) is 2.46. The molecule has 2 aromatic rings. The van der Waals surface area contributed by atoms with Gasteiger partial charge in [0.05, 0.1) is 5.66 Å². The summed E-state index contributed by atoms with van der Waals surface area (Å²) in [6.07, 6.45) is 6.02. The fourth-order valence-corrected chi connectivity index (χ4v) is 6.75. The number of hydrogen-bond acceptors (Lipinski definition) is 3. The molecule has 0 aromatic heterocycles. The van der Waals surface area contributed by atoms with E-state index in [-0.39, 0.29) is 0 Å². The standard InChI is InChI=1S/C20H21O2PS/c24-23(18-14-8-3-9-15-18)21-19(16-10-4-1-5-11-16)20(22-23)17-12-6-2-7-13-17/h1-2,4-7,10-13,18H,3,8-9,14-15H2. The van der Waals surface area contributed by atoms with Gasteiger partial charge in [-0.1, -0.05) is 79.9 Å². The molecule has 0 N–H and O–H groups in total. The Morgan fingerprint density at radius 3 is 1.62 bits per heavy atom. The lowest BCUT2D eigenvalue weighted by atomic mass is 10.0. The number of rotatable bonds is 3. The average Bonchev–Trinajstić information content (AvgIpc) is 3.03. The fraction of sp³-hybridized carbons (Fsp3) is 0.300. The molecule has 2 nitrogen and oxygen atoms in total. The molecule has 0 radical (unpaired) electrons. The summed E-state index contributed by atoms with van der Waals surface area (Å²) in [4.78, 5) is 0. The molecular weight excluding hydrogens is 335 g/mol. The van der Waals surface area contributed by atoms with Crippen molar-refractivity contribution in [1.29, 1.82) is 0 Å². The Morgan fingerprint density at radius 2 is 1.17 bits per heavy atom. The minimum atomic E-state index is -2.33. The van der Waals surface area contributed by atoms with Crippen LogP contribution in [0.25, 0.3) is 11.5 Å². The Balaban J connectivity index is 1.74. The van der Waals surface area contributed by atoms with Crippen LogP contribution < -0.4 is 0 Å². The van der Waals surface area contributed by atoms with Crippen molar-refractivity contribution >= 4 is 29.8 Å². The second-order valence-corrected chi connectivity index (χ2v) is 10.1. The maximum atomic E-state index is 6.42. The highest BCUT2D eigenvalue weighted by atomic mass is 32.5. The predicted molar refractivity (Wildman–Crippen MR) is 103 cm³/mol. The van der Waals surface area contributed by atoms with Gasteiger partial charge in [-0.3, -0.25) is 0 Å². The van der Waals surface area contributed by atoms with E-state index in [9.17, 15) is 0 Å². The molecular formula is C20H21O2PS. The van der Waals surface area contributed by atoms with Crippen LogP contribution in [0, 0.1) is 0 Å². The third-order valence-corrected chi connectivity index (χ3v) is 8.36. The molecule has 124 valence electrons. The van der Waals surface area contributed by atoms with Crippen molar-refractivity contribution in [3.05, 3.63) is 71.8 Å². The molecule has 0 amide bonds. The van der Waals surface area contributed by atoms with Crippen LogP contribution in [-0.4, -0.2) is 5.66 Å². The zero-order valence-corrected chi connectivity index (χ0v) is 15.3. The highest BCUT2D eigenvalue weighted by Crippen LogP contribution is 2.67. The van der Waals surface area contributed by atoms with Crippen molar-refractivity contribution in [2.75, 3.05) is 0 Å². The first-order chi connectivity index (χ1) is 11.8. The van der Waals surface area contributed by atoms with E-state index in [1.807, 2.05) is 36.4 Å². The third kappa shape index (κ3) is 3.03. The zero-order valence-electron chi connectivity index (χ0n) is 13.6. The summed E-state index contributed by atoms with van der Waals surface area (Å²) in [6, 6.07) is 20.4. The molecule has 24 heavy (non-hydrogen) atoms. The summed E-state index contributed by atoms with van der Waals surface area (Å²) in [7, 11) is 0. The molecule has 4 rings (SSSR count). The predicted octanol–water partition coefficient (Wildman–Crippen LogP) is 6.20. The topological polar surface area (TPSA) is 18.5 Å². The van der Waals surface area contributed by atoms with Gasteiger partial charge in [0.15, 0.2) is 11.5 Å². The lowest BCUT2D eigenvalue weighted by Gasteiger charge is -2.29. The van der Waals surface area contributed by atoms with Crippen molar-refractivity contribution in [2.24, 2.45) is 0 Å². The monoisotopic (exact) mass is 356 g/mol. The van der Waals surface area contributed by atoms with Gasteiger partial charge >= 0.3 is 0 Å². The largest absolute Gasteiger partial charge is 0.430 e. The van der Waals surface area contributed by atoms with E-state index in [1.165, 1.54) is 19.3 Å². The summed E-state index contributed by atoms with van der Waals surface area (Å²) >= 11 is 5.97. The van der Waals surface area contributed by atoms with Crippen LogP contribution in [0.1, 0.15) is 43.2 Å². The van der Waals surface area contributed by atoms with Crippen LogP contribution in [0.3, 0.4) is 0 Å². The van der Waals surface area contributed by atoms with Gasteiger partial charge in [0.25, 0.3) is 6.49 Å². The molecule has 0 atom stereocenters. The highest BCUT2D eigenvalue weighted by molar-refractivity contribution is 8.10. The third-order valence-electron chi connectivity index (χ3n) is 4.74. The lowest BCUT2D eigenvalue weighted by molar-refractivity contribution is 0.428. The van der Waals surface area contributed by atoms with Gasteiger partial charge in [-0.2, -0.15) is 0 Å². The van der Waals surface area contributed by atoms with Gasteiger partial charge in [-0.25, -0.2) is 0 Å². The smallest absolute Gasteiger partial charge is 0.291 e. The van der Waals surface area contributed by atoms with Crippen LogP contribution in [-0.2, 0) is 20.9 Å². The first-order valence-corrected chi connectivity index (χ1v) is 11.3. The van der Waals surface area contributed by atoms with Gasteiger partial charge in [0.2, 0.25) is 0 Å². The van der Waals surface area contributed by atoms with Crippen LogP contribution in [0.4, 0.5) is 0 Å². The van der Waals surface area contributed by atoms with Crippen molar-refractivity contribution in [3.8, 4) is 0 Å². The van der Waals surface area contributed by atoms with Crippen LogP contribution in [0.2, 0.25) is 0 Å². The summed E-state index contributed by atoms with van der Waals surface area (Å²) in [6.45, 7) is -2.33. The molecule has 1 heterocycles. The summed E-state index contributed by atoms with van der Waals surface area (Å²) < 4.78 is 12.8. The van der Waals surface area contributed by atoms with Crippen molar-refractivity contribution in [2.45, 2.75) is 37.8 Å². The van der Waals surface area contributed by atoms with E-state index in [4.69, 9.17) is 20.9 Å². The number of hydrogen-bond donors (Lipinski definition) is 0. The van der Waals surface area contributed by atoms with Crippen molar-refractivity contribution < 1.29 is 9.05 Å². The number of benzene rings is 2. The second kappa shape index (κ2) is 6.74. The van der Waals surface area contributed by atoms with Crippen LogP contribution in [0.15, 0.2) is 60.7 Å². The van der Waals surface area contributed by atoms with E-state index >= 15 is 0 Å². The normalized spacial score (nSPS) is 20.5. The molecule has 2 aliphatic rings. The Kier molecular flexibility index (Phi) is 4.47. The molecule has 1 aliphatic heterocycles. The fourth-order valence-electron chi connectivity index (χ4n) is 3.45. The SMILES string of the molecule is S=P1(C2CCCCC2)OC(c2ccccc2)=C(c2ccccc2)O1. The first kappa shape index (κ1) is 15.9. The Labute approximate surface area is 148 Å². The zero-order chi connectivity index (χ0) is 16.4. The molecule has 0 bridgehead atoms. The molecule has 1 aliphatic carbocycles. The lowest BCUT2D eigenvalue weighted by Crippen LogP contribution is -2.13. The van der Waals surface area contributed by atoms with Crippen molar-refractivity contribution in [1.82, 2.24) is 0 Å². The quantitative estimate of drug-likeness (QED) is 0.610. The second-order valence-electron chi connectivity index (χ2n) is 6.40. The van der Waals surface area contributed by atoms with E-state index in [2.05, 4.69) is 24.3 Å². The average molecular weight is 356 g/mol. The van der Waals surface area contributed by atoms with Gasteiger partial charge < -0.3 is 9.05 Å². The van der Waals surface area contributed by atoms with Crippen LogP contribution in [0.5, 0.6) is 0 Å². The molecule has 1 fully saturated rings. The summed E-state index contributed by atoms with van der Waals surface area (Å²) in [5, 5.41) is 0. The maximum Gasteiger partial charge on any atom is 0.291 e. The Bertz CT molecular complexity index is 724. The molecule has 0 saturated heterocycles. The van der Waals surface area contributed by atoms with Crippen LogP contribution >= 0.6 is 6.49 Å².